The average molecular weight is 518 g/mol. The summed E-state index contributed by atoms with van der Waals surface area (Å²) in [7, 11) is 1.33. The number of amides is 1. The number of benzene rings is 3. The van der Waals surface area contributed by atoms with E-state index in [0.29, 0.717) is 12.8 Å². The SMILES string of the molecule is COc1cc(F)c(F)cc1C(=O)C1CC2CCCC(C1)N2C(=O)OCC1c2ccccc2-c2ccccc21. The molecule has 3 aromatic carbocycles. The zero-order chi connectivity index (χ0) is 26.4. The molecule has 5 nitrogen and oxygen atoms in total. The molecule has 2 heterocycles. The molecule has 196 valence electrons. The molecule has 2 saturated heterocycles. The van der Waals surface area contributed by atoms with Crippen LogP contribution >= 0.6 is 0 Å². The van der Waals surface area contributed by atoms with Crippen LogP contribution in [0.4, 0.5) is 13.6 Å². The van der Waals surface area contributed by atoms with Gasteiger partial charge in [-0.15, -0.1) is 0 Å². The maximum absolute atomic E-state index is 14.0. The number of carbonyl (C=O) groups is 2. The van der Waals surface area contributed by atoms with E-state index in [-0.39, 0.29) is 47.8 Å². The molecular weight excluding hydrogens is 488 g/mol. The number of halogens is 2. The van der Waals surface area contributed by atoms with E-state index >= 15 is 0 Å². The van der Waals surface area contributed by atoms with Crippen molar-refractivity contribution >= 4 is 11.9 Å². The summed E-state index contributed by atoms with van der Waals surface area (Å²) in [5.41, 5.74) is 4.71. The van der Waals surface area contributed by atoms with Gasteiger partial charge in [-0.25, -0.2) is 13.6 Å². The van der Waals surface area contributed by atoms with Gasteiger partial charge in [0.15, 0.2) is 17.4 Å². The minimum absolute atomic E-state index is 0.0221. The number of ketones is 1. The number of rotatable bonds is 5. The highest BCUT2D eigenvalue weighted by Crippen LogP contribution is 2.45. The van der Waals surface area contributed by atoms with Crippen molar-refractivity contribution in [3.8, 4) is 16.9 Å². The lowest BCUT2D eigenvalue weighted by atomic mass is 9.75. The third kappa shape index (κ3) is 4.14. The number of nitrogens with zero attached hydrogens (tertiary/aromatic N) is 1. The molecule has 0 saturated carbocycles. The van der Waals surface area contributed by atoms with Crippen LogP contribution in [-0.2, 0) is 4.74 Å². The van der Waals surface area contributed by atoms with E-state index in [4.69, 9.17) is 9.47 Å². The summed E-state index contributed by atoms with van der Waals surface area (Å²) >= 11 is 0. The van der Waals surface area contributed by atoms with Gasteiger partial charge in [-0.05, 0) is 60.4 Å². The van der Waals surface area contributed by atoms with Crippen LogP contribution in [0.15, 0.2) is 60.7 Å². The minimum Gasteiger partial charge on any atom is -0.496 e. The van der Waals surface area contributed by atoms with E-state index in [2.05, 4.69) is 24.3 Å². The fourth-order valence-electron chi connectivity index (χ4n) is 6.67. The number of Topliss-reactive ketones (excluding diaryl/α,β-unsaturated/α-hetero) is 1. The lowest BCUT2D eigenvalue weighted by molar-refractivity contribution is 0.00644. The van der Waals surface area contributed by atoms with E-state index in [0.717, 1.165) is 42.5 Å². The molecule has 0 radical (unpaired) electrons. The molecule has 0 N–H and O–H groups in total. The van der Waals surface area contributed by atoms with E-state index in [1.165, 1.54) is 18.2 Å². The number of piperidine rings is 2. The molecule has 38 heavy (non-hydrogen) atoms. The fraction of sp³-hybridized carbons (Fsp3) is 0.355. The van der Waals surface area contributed by atoms with Crippen LogP contribution in [0, 0.1) is 17.6 Å². The van der Waals surface area contributed by atoms with Crippen LogP contribution in [-0.4, -0.2) is 42.6 Å². The van der Waals surface area contributed by atoms with Crippen LogP contribution < -0.4 is 4.74 Å². The third-order valence-electron chi connectivity index (χ3n) is 8.40. The van der Waals surface area contributed by atoms with Gasteiger partial charge >= 0.3 is 6.09 Å². The highest BCUT2D eigenvalue weighted by atomic mass is 19.2. The maximum Gasteiger partial charge on any atom is 0.410 e. The van der Waals surface area contributed by atoms with Gasteiger partial charge in [0.1, 0.15) is 12.4 Å². The van der Waals surface area contributed by atoms with E-state index in [1.807, 2.05) is 29.2 Å². The highest BCUT2D eigenvalue weighted by Gasteiger charge is 2.44. The first kappa shape index (κ1) is 24.6. The Balaban J connectivity index is 1.18. The molecule has 2 unspecified atom stereocenters. The molecule has 2 aliphatic heterocycles. The van der Waals surface area contributed by atoms with Gasteiger partial charge in [-0.3, -0.25) is 4.79 Å². The predicted molar refractivity (Wildman–Crippen MR) is 138 cm³/mol. The van der Waals surface area contributed by atoms with Crippen LogP contribution in [0.1, 0.15) is 59.5 Å². The van der Waals surface area contributed by atoms with Gasteiger partial charge in [0.05, 0.1) is 12.7 Å². The minimum atomic E-state index is -1.08. The second-order valence-corrected chi connectivity index (χ2v) is 10.4. The molecule has 2 bridgehead atoms. The Morgan fingerprint density at radius 1 is 0.895 bits per heavy atom. The largest absolute Gasteiger partial charge is 0.496 e. The summed E-state index contributed by atoms with van der Waals surface area (Å²) in [6.45, 7) is 0.247. The quantitative estimate of drug-likeness (QED) is 0.352. The van der Waals surface area contributed by atoms with E-state index in [9.17, 15) is 18.4 Å². The topological polar surface area (TPSA) is 55.8 Å². The van der Waals surface area contributed by atoms with Crippen LogP contribution in [0.3, 0.4) is 0 Å². The number of ether oxygens (including phenoxy) is 2. The van der Waals surface area contributed by atoms with Crippen LogP contribution in [0.25, 0.3) is 11.1 Å². The lowest BCUT2D eigenvalue weighted by Gasteiger charge is -2.47. The van der Waals surface area contributed by atoms with Crippen molar-refractivity contribution in [1.82, 2.24) is 4.90 Å². The van der Waals surface area contributed by atoms with Crippen LogP contribution in [0.2, 0.25) is 0 Å². The maximum atomic E-state index is 14.0. The summed E-state index contributed by atoms with van der Waals surface area (Å²) < 4.78 is 38.8. The standard InChI is InChI=1S/C31H29F2NO4/c1-37-29-16-28(33)27(32)15-25(29)30(35)18-13-19-7-6-8-20(14-18)34(19)31(36)38-17-26-23-11-4-2-9-21(23)22-10-3-5-12-24(22)26/h2-5,9-12,15-16,18-20,26H,6-8,13-14,17H2,1H3. The Morgan fingerprint density at radius 3 is 2.08 bits per heavy atom. The highest BCUT2D eigenvalue weighted by molar-refractivity contribution is 6.00. The van der Waals surface area contributed by atoms with E-state index in [1.54, 1.807) is 0 Å². The predicted octanol–water partition coefficient (Wildman–Crippen LogP) is 6.74. The smallest absolute Gasteiger partial charge is 0.410 e. The van der Waals surface area contributed by atoms with Gasteiger partial charge in [0, 0.05) is 30.0 Å². The van der Waals surface area contributed by atoms with Crippen LogP contribution in [0.5, 0.6) is 5.75 Å². The number of fused-ring (bicyclic) bond motifs is 5. The monoisotopic (exact) mass is 517 g/mol. The van der Waals surface area contributed by atoms with Gasteiger partial charge in [-0.2, -0.15) is 0 Å². The Labute approximate surface area is 220 Å². The van der Waals surface area contributed by atoms with E-state index < -0.39 is 17.6 Å². The molecule has 2 fully saturated rings. The molecule has 1 aliphatic carbocycles. The molecule has 3 aliphatic rings. The Kier molecular flexibility index (Phi) is 6.38. The van der Waals surface area contributed by atoms with Crippen molar-refractivity contribution < 1.29 is 27.8 Å². The first-order valence-corrected chi connectivity index (χ1v) is 13.2. The number of hydrogen-bond acceptors (Lipinski definition) is 4. The van der Waals surface area contributed by atoms with Crippen molar-refractivity contribution in [1.29, 1.82) is 0 Å². The zero-order valence-corrected chi connectivity index (χ0v) is 21.2. The summed E-state index contributed by atoms with van der Waals surface area (Å²) in [6.07, 6.45) is 3.10. The second-order valence-electron chi connectivity index (χ2n) is 10.4. The second kappa shape index (κ2) is 9.86. The average Bonchev–Trinajstić information content (AvgIpc) is 3.25. The molecule has 0 spiro atoms. The van der Waals surface area contributed by atoms with Crippen molar-refractivity contribution in [2.24, 2.45) is 5.92 Å². The fourth-order valence-corrected chi connectivity index (χ4v) is 6.67. The molecule has 6 rings (SSSR count). The third-order valence-corrected chi connectivity index (χ3v) is 8.40. The Bertz CT molecular complexity index is 1350. The Hall–Kier alpha value is -3.74. The summed E-state index contributed by atoms with van der Waals surface area (Å²) in [6, 6.07) is 18.0. The molecule has 3 aromatic rings. The molecule has 2 atom stereocenters. The molecule has 7 heteroatoms. The molecule has 1 amide bonds. The van der Waals surface area contributed by atoms with Gasteiger partial charge in [0.2, 0.25) is 0 Å². The molecule has 0 aromatic heterocycles. The summed E-state index contributed by atoms with van der Waals surface area (Å²) in [4.78, 5) is 28.6. The van der Waals surface area contributed by atoms with Gasteiger partial charge in [-0.1, -0.05) is 48.5 Å². The first-order chi connectivity index (χ1) is 18.5. The van der Waals surface area contributed by atoms with Gasteiger partial charge in [0.25, 0.3) is 0 Å². The number of carbonyl (C=O) groups excluding carboxylic acids is 2. The normalized spacial score (nSPS) is 22.0. The summed E-state index contributed by atoms with van der Waals surface area (Å²) in [5.74, 6) is -2.80. The first-order valence-electron chi connectivity index (χ1n) is 13.2. The van der Waals surface area contributed by atoms with Crippen molar-refractivity contribution in [3.05, 3.63) is 89.0 Å². The zero-order valence-electron chi connectivity index (χ0n) is 21.2. The number of hydrogen-bond donors (Lipinski definition) is 0. The van der Waals surface area contributed by atoms with Crippen molar-refractivity contribution in [2.75, 3.05) is 13.7 Å². The van der Waals surface area contributed by atoms with Gasteiger partial charge < -0.3 is 14.4 Å². The lowest BCUT2D eigenvalue weighted by Crippen LogP contribution is -2.55. The Morgan fingerprint density at radius 2 is 1.47 bits per heavy atom. The summed E-state index contributed by atoms with van der Waals surface area (Å²) in [5, 5.41) is 0. The molecular formula is C31H29F2NO4. The number of methoxy groups -OCH3 is 1. The van der Waals surface area contributed by atoms with Crippen molar-refractivity contribution in [2.45, 2.75) is 50.1 Å². The van der Waals surface area contributed by atoms with Crippen molar-refractivity contribution in [3.63, 3.8) is 0 Å².